The van der Waals surface area contributed by atoms with Gasteiger partial charge in [-0.3, -0.25) is 0 Å². The van der Waals surface area contributed by atoms with Gasteiger partial charge in [-0.15, -0.1) is 0 Å². The van der Waals surface area contributed by atoms with Crippen LogP contribution in [0.3, 0.4) is 0 Å². The molecular weight excluding hydrogens is 705 g/mol. The fraction of sp³-hybridized carbons (Fsp3) is 1.00. The zero-order valence-corrected chi connectivity index (χ0v) is 39.3. The largest absolute Gasteiger partial charge is 0.437 e. The van der Waals surface area contributed by atoms with Gasteiger partial charge in [0, 0.05) is 11.8 Å². The molecule has 0 aliphatic heterocycles. The van der Waals surface area contributed by atoms with E-state index in [9.17, 15) is 0 Å². The Morgan fingerprint density at radius 1 is 0.468 bits per heavy atom. The first-order chi connectivity index (χ1) is 21.3. The summed E-state index contributed by atoms with van der Waals surface area (Å²) in [6, 6.07) is 0. The van der Waals surface area contributed by atoms with Crippen molar-refractivity contribution >= 4 is 51.8 Å². The highest BCUT2D eigenvalue weighted by Gasteiger charge is 2.50. The molecule has 0 aromatic carbocycles. The van der Waals surface area contributed by atoms with Crippen LogP contribution in [0.5, 0.6) is 0 Å². The molecule has 284 valence electrons. The molecule has 4 atom stereocenters. The molecule has 0 aliphatic carbocycles. The van der Waals surface area contributed by atoms with Crippen molar-refractivity contribution in [3.05, 3.63) is 0 Å². The Hall–Kier alpha value is 0.861. The molecule has 0 spiro atoms. The van der Waals surface area contributed by atoms with E-state index in [-0.39, 0.29) is 38.3 Å². The highest BCUT2D eigenvalue weighted by molar-refractivity contribution is 6.82. The molecule has 0 rings (SSSR count). The van der Waals surface area contributed by atoms with E-state index >= 15 is 0 Å². The number of ether oxygens (including phenoxy) is 5. The van der Waals surface area contributed by atoms with E-state index in [4.69, 9.17) is 50.4 Å². The lowest BCUT2D eigenvalue weighted by molar-refractivity contribution is -0.0928. The smallest absolute Gasteiger partial charge is 0.334 e. The van der Waals surface area contributed by atoms with Crippen LogP contribution in [-0.2, 0) is 40.1 Å². The third kappa shape index (κ3) is 21.1. The van der Waals surface area contributed by atoms with Crippen molar-refractivity contribution in [2.45, 2.75) is 117 Å². The molecular formula is C30H74O11Si6. The maximum Gasteiger partial charge on any atom is 0.334 e. The van der Waals surface area contributed by atoms with E-state index < -0.39 is 62.3 Å². The van der Waals surface area contributed by atoms with Crippen molar-refractivity contribution in [2.75, 3.05) is 66.1 Å². The summed E-state index contributed by atoms with van der Waals surface area (Å²) in [4.78, 5) is 0. The second-order valence-electron chi connectivity index (χ2n) is 16.7. The minimum absolute atomic E-state index is 0.0253. The van der Waals surface area contributed by atoms with E-state index in [1.165, 1.54) is 0 Å². The number of hydrogen-bond donors (Lipinski definition) is 2. The maximum absolute atomic E-state index is 9.14. The van der Waals surface area contributed by atoms with Gasteiger partial charge >= 0.3 is 18.6 Å². The van der Waals surface area contributed by atoms with Gasteiger partial charge in [-0.2, -0.15) is 0 Å². The maximum atomic E-state index is 9.14. The lowest BCUT2D eigenvalue weighted by Crippen LogP contribution is -2.62. The molecule has 0 aromatic heterocycles. The van der Waals surface area contributed by atoms with Gasteiger partial charge in [0.15, 0.2) is 33.3 Å². The molecule has 2 N–H and O–H groups in total. The van der Waals surface area contributed by atoms with Crippen LogP contribution in [0.1, 0.15) is 27.7 Å². The van der Waals surface area contributed by atoms with Gasteiger partial charge < -0.3 is 50.4 Å². The van der Waals surface area contributed by atoms with Crippen molar-refractivity contribution in [1.82, 2.24) is 0 Å². The number of aliphatic hydroxyl groups excluding tert-OH is 2. The average Bonchev–Trinajstić information content (AvgIpc) is 2.88. The summed E-state index contributed by atoms with van der Waals surface area (Å²) in [6.07, 6.45) is 0. The minimum atomic E-state index is -2.39. The number of rotatable bonds is 28. The lowest BCUT2D eigenvalue weighted by atomic mass is 10.1. The normalized spacial score (nSPS) is 17.6. The Kier molecular flexibility index (Phi) is 21.8. The fourth-order valence-electron chi connectivity index (χ4n) is 4.41. The Bertz CT molecular complexity index is 737. The first-order valence-electron chi connectivity index (χ1n) is 17.2. The first-order valence-corrected chi connectivity index (χ1v) is 33.9. The molecule has 47 heavy (non-hydrogen) atoms. The van der Waals surface area contributed by atoms with Gasteiger partial charge in [0.2, 0.25) is 0 Å². The van der Waals surface area contributed by atoms with Crippen LogP contribution in [0.25, 0.3) is 0 Å². The molecule has 0 aliphatic rings. The zero-order valence-electron chi connectivity index (χ0n) is 32.9. The van der Waals surface area contributed by atoms with Crippen LogP contribution in [0, 0.1) is 11.8 Å². The van der Waals surface area contributed by atoms with Crippen molar-refractivity contribution in [3.8, 4) is 0 Å². The SMILES string of the molecule is CC(COCC(C)C(C)(OCCOCCO)[SiH](O[Si](C)(C)C)O[Si](C)(C)C)C(C)(OCCOCCO)[SiH](O[Si](C)(C)C)O[Si](C)(C)C. The van der Waals surface area contributed by atoms with Gasteiger partial charge in [0.1, 0.15) is 10.4 Å². The fourth-order valence-corrected chi connectivity index (χ4v) is 21.3. The third-order valence-electron chi connectivity index (χ3n) is 7.22. The van der Waals surface area contributed by atoms with Crippen LogP contribution in [0.4, 0.5) is 0 Å². The summed E-state index contributed by atoms with van der Waals surface area (Å²) in [5.74, 6) is -0.0825. The Morgan fingerprint density at radius 2 is 0.745 bits per heavy atom. The van der Waals surface area contributed by atoms with Crippen molar-refractivity contribution in [1.29, 1.82) is 0 Å². The molecule has 4 unspecified atom stereocenters. The summed E-state index contributed by atoms with van der Waals surface area (Å²) in [5.41, 5.74) is 0. The molecule has 0 fully saturated rings. The number of aliphatic hydroxyl groups is 2. The second-order valence-corrected chi connectivity index (χ2v) is 41.0. The van der Waals surface area contributed by atoms with Gasteiger partial charge in [0.25, 0.3) is 0 Å². The highest BCUT2D eigenvalue weighted by atomic mass is 28.5. The molecule has 0 aromatic rings. The Balaban J connectivity index is 6.20. The van der Waals surface area contributed by atoms with Gasteiger partial charge in [-0.25, -0.2) is 0 Å². The third-order valence-corrected chi connectivity index (χ3v) is 25.3. The number of hydrogen-bond acceptors (Lipinski definition) is 11. The molecule has 11 nitrogen and oxygen atoms in total. The molecule has 0 radical (unpaired) electrons. The highest BCUT2D eigenvalue weighted by Crippen LogP contribution is 2.33. The van der Waals surface area contributed by atoms with Crippen LogP contribution < -0.4 is 0 Å². The van der Waals surface area contributed by atoms with Crippen LogP contribution in [0.15, 0.2) is 0 Å². The van der Waals surface area contributed by atoms with Crippen LogP contribution >= 0.6 is 0 Å². The summed E-state index contributed by atoms with van der Waals surface area (Å²) >= 11 is 0. The topological polar surface area (TPSA) is 124 Å². The quantitative estimate of drug-likeness (QED) is 0.0844. The Labute approximate surface area is 295 Å². The Morgan fingerprint density at radius 3 is 0.979 bits per heavy atom. The van der Waals surface area contributed by atoms with E-state index in [0.29, 0.717) is 39.6 Å². The van der Waals surface area contributed by atoms with Crippen LogP contribution in [-0.4, -0.2) is 139 Å². The summed E-state index contributed by atoms with van der Waals surface area (Å²) < 4.78 is 58.2. The zero-order chi connectivity index (χ0) is 36.7. The molecule has 0 amide bonds. The van der Waals surface area contributed by atoms with E-state index in [1.54, 1.807) is 0 Å². The predicted molar refractivity (Wildman–Crippen MR) is 206 cm³/mol. The van der Waals surface area contributed by atoms with Gasteiger partial charge in [-0.05, 0) is 92.4 Å². The minimum Gasteiger partial charge on any atom is -0.437 e. The summed E-state index contributed by atoms with van der Waals surface area (Å²) in [7, 11) is -12.6. The second kappa shape index (κ2) is 21.4. The molecule has 0 saturated heterocycles. The van der Waals surface area contributed by atoms with E-state index in [0.717, 1.165) is 0 Å². The standard InChI is InChI=1S/C30H74O11Si6/c1-27(29(3,36-23-21-33-19-17-31)42(38-44(5,6)7)39-45(8,9)10)25-35-26-28(2)30(4,37-24-22-34-20-18-32)43(40-46(11,12)13)41-47(14,15)16/h27-28,31-32,42-43H,17-26H2,1-16H3. The van der Waals surface area contributed by atoms with Gasteiger partial charge in [0.05, 0.1) is 66.1 Å². The predicted octanol–water partition coefficient (Wildman–Crippen LogP) is 4.77. The molecule has 0 saturated carbocycles. The lowest BCUT2D eigenvalue weighted by Gasteiger charge is -2.45. The first kappa shape index (κ1) is 47.9. The van der Waals surface area contributed by atoms with Crippen LogP contribution in [0.2, 0.25) is 78.6 Å². The van der Waals surface area contributed by atoms with E-state index in [2.05, 4.69) is 106 Å². The summed E-state index contributed by atoms with van der Waals surface area (Å²) in [6.45, 7) is 37.7. The molecule has 0 bridgehead atoms. The average molecular weight is 779 g/mol. The van der Waals surface area contributed by atoms with Crippen molar-refractivity contribution < 1.29 is 50.4 Å². The summed E-state index contributed by atoms with van der Waals surface area (Å²) in [5, 5.41) is 16.9. The monoisotopic (exact) mass is 778 g/mol. The van der Waals surface area contributed by atoms with Gasteiger partial charge in [-0.1, -0.05) is 13.8 Å². The van der Waals surface area contributed by atoms with Crippen molar-refractivity contribution in [2.24, 2.45) is 11.8 Å². The molecule has 17 heteroatoms. The molecule has 0 heterocycles. The van der Waals surface area contributed by atoms with E-state index in [1.807, 2.05) is 0 Å². The van der Waals surface area contributed by atoms with Crippen molar-refractivity contribution in [3.63, 3.8) is 0 Å².